The van der Waals surface area contributed by atoms with Gasteiger partial charge < -0.3 is 19.7 Å². The van der Waals surface area contributed by atoms with Gasteiger partial charge in [0.2, 0.25) is 5.91 Å². The van der Waals surface area contributed by atoms with Crippen LogP contribution >= 0.6 is 0 Å². The highest BCUT2D eigenvalue weighted by Gasteiger charge is 2.36. The molecule has 2 heterocycles. The van der Waals surface area contributed by atoms with E-state index in [0.29, 0.717) is 31.4 Å². The average molecular weight is 359 g/mol. The van der Waals surface area contributed by atoms with Crippen LogP contribution in [-0.4, -0.2) is 34.4 Å². The molecule has 1 aliphatic rings. The van der Waals surface area contributed by atoms with E-state index in [1.54, 1.807) is 19.5 Å². The average Bonchev–Trinajstić information content (AvgIpc) is 2.93. The third kappa shape index (κ3) is 4.04. The van der Waals surface area contributed by atoms with E-state index in [-0.39, 0.29) is 24.0 Å². The summed E-state index contributed by atoms with van der Waals surface area (Å²) in [6, 6.07) is 1.70. The summed E-state index contributed by atoms with van der Waals surface area (Å²) < 4.78 is 10.4. The Labute approximate surface area is 152 Å². The molecular weight excluding hydrogens is 334 g/mol. The van der Waals surface area contributed by atoms with Gasteiger partial charge in [-0.3, -0.25) is 9.78 Å². The molecular formula is C19H25N3O4. The highest BCUT2D eigenvalue weighted by Crippen LogP contribution is 2.38. The number of methoxy groups -OCH3 is 1. The number of hydrogen-bond donors (Lipinski definition) is 2. The molecule has 3 rings (SSSR count). The van der Waals surface area contributed by atoms with Crippen molar-refractivity contribution in [3.8, 4) is 5.75 Å². The molecule has 1 atom stereocenters. The zero-order valence-corrected chi connectivity index (χ0v) is 15.4. The summed E-state index contributed by atoms with van der Waals surface area (Å²) in [6.07, 6.45) is 5.37. The first-order chi connectivity index (χ1) is 12.5. The minimum Gasteiger partial charge on any atom is -0.495 e. The molecule has 2 aromatic rings. The van der Waals surface area contributed by atoms with Crippen LogP contribution in [-0.2, 0) is 11.2 Å². The number of carbonyl (C=O) groups is 1. The summed E-state index contributed by atoms with van der Waals surface area (Å²) in [6.45, 7) is 3.73. The van der Waals surface area contributed by atoms with E-state index < -0.39 is 0 Å². The number of amides is 1. The van der Waals surface area contributed by atoms with Gasteiger partial charge >= 0.3 is 0 Å². The van der Waals surface area contributed by atoms with Gasteiger partial charge in [-0.15, -0.1) is 0 Å². The molecule has 7 heteroatoms. The van der Waals surface area contributed by atoms with Crippen molar-refractivity contribution >= 4 is 5.91 Å². The highest BCUT2D eigenvalue weighted by molar-refractivity contribution is 5.76. The highest BCUT2D eigenvalue weighted by atomic mass is 16.5. The maximum absolute atomic E-state index is 12.5. The van der Waals surface area contributed by atoms with Gasteiger partial charge in [0.15, 0.2) is 0 Å². The van der Waals surface area contributed by atoms with Gasteiger partial charge in [-0.05, 0) is 50.7 Å². The SMILES string of the molecule is COc1cncc([C@@H](NC(=O)CCc2c(C)noc2C)C2CC(O)C2)c1. The molecule has 1 aliphatic carbocycles. The largest absolute Gasteiger partial charge is 0.495 e. The van der Waals surface area contributed by atoms with E-state index in [1.807, 2.05) is 19.9 Å². The monoisotopic (exact) mass is 359 g/mol. The van der Waals surface area contributed by atoms with Crippen LogP contribution < -0.4 is 10.1 Å². The summed E-state index contributed by atoms with van der Waals surface area (Å²) in [7, 11) is 1.59. The third-order valence-electron chi connectivity index (χ3n) is 5.05. The Morgan fingerprint density at radius 2 is 2.19 bits per heavy atom. The van der Waals surface area contributed by atoms with E-state index >= 15 is 0 Å². The summed E-state index contributed by atoms with van der Waals surface area (Å²) in [4.78, 5) is 16.7. The number of aryl methyl sites for hydroxylation is 2. The maximum atomic E-state index is 12.5. The molecule has 2 N–H and O–H groups in total. The lowest BCUT2D eigenvalue weighted by Crippen LogP contribution is -2.41. The van der Waals surface area contributed by atoms with Crippen LogP contribution in [0, 0.1) is 19.8 Å². The fourth-order valence-electron chi connectivity index (χ4n) is 3.44. The lowest BCUT2D eigenvalue weighted by atomic mass is 9.75. The molecule has 2 aromatic heterocycles. The normalized spacial score (nSPS) is 20.3. The summed E-state index contributed by atoms with van der Waals surface area (Å²) in [5, 5.41) is 16.7. The Hall–Kier alpha value is -2.41. The van der Waals surface area contributed by atoms with E-state index in [9.17, 15) is 9.90 Å². The smallest absolute Gasteiger partial charge is 0.220 e. The zero-order valence-electron chi connectivity index (χ0n) is 15.4. The number of nitrogens with one attached hydrogen (secondary N) is 1. The van der Waals surface area contributed by atoms with Gasteiger partial charge in [-0.25, -0.2) is 0 Å². The topological polar surface area (TPSA) is 97.5 Å². The summed E-state index contributed by atoms with van der Waals surface area (Å²) in [5.41, 5.74) is 2.71. The second kappa shape index (κ2) is 7.86. The van der Waals surface area contributed by atoms with Crippen molar-refractivity contribution in [1.29, 1.82) is 0 Å². The van der Waals surface area contributed by atoms with Crippen molar-refractivity contribution in [2.24, 2.45) is 5.92 Å². The molecule has 1 fully saturated rings. The van der Waals surface area contributed by atoms with Crippen molar-refractivity contribution in [2.75, 3.05) is 7.11 Å². The van der Waals surface area contributed by atoms with Crippen LogP contribution in [0.15, 0.2) is 23.0 Å². The lowest BCUT2D eigenvalue weighted by Gasteiger charge is -2.38. The number of pyridine rings is 1. The molecule has 0 saturated heterocycles. The molecule has 140 valence electrons. The molecule has 0 unspecified atom stereocenters. The van der Waals surface area contributed by atoms with Gasteiger partial charge in [-0.1, -0.05) is 5.16 Å². The van der Waals surface area contributed by atoms with E-state index in [4.69, 9.17) is 9.26 Å². The minimum absolute atomic E-state index is 0.0424. The number of rotatable bonds is 7. The first kappa shape index (κ1) is 18.4. The van der Waals surface area contributed by atoms with E-state index in [0.717, 1.165) is 22.6 Å². The number of carbonyl (C=O) groups excluding carboxylic acids is 1. The predicted octanol–water partition coefficient (Wildman–Crippen LogP) is 2.26. The Morgan fingerprint density at radius 3 is 2.81 bits per heavy atom. The van der Waals surface area contributed by atoms with Crippen LogP contribution in [0.4, 0.5) is 0 Å². The fraction of sp³-hybridized carbons (Fsp3) is 0.526. The van der Waals surface area contributed by atoms with Crippen LogP contribution in [0.1, 0.15) is 47.9 Å². The lowest BCUT2D eigenvalue weighted by molar-refractivity contribution is -0.123. The van der Waals surface area contributed by atoms with Crippen LogP contribution in [0.5, 0.6) is 5.75 Å². The Morgan fingerprint density at radius 1 is 1.42 bits per heavy atom. The number of hydrogen-bond acceptors (Lipinski definition) is 6. The first-order valence-electron chi connectivity index (χ1n) is 8.86. The number of aliphatic hydroxyl groups excluding tert-OH is 1. The van der Waals surface area contributed by atoms with Crippen LogP contribution in [0.3, 0.4) is 0 Å². The predicted molar refractivity (Wildman–Crippen MR) is 94.7 cm³/mol. The molecule has 0 spiro atoms. The van der Waals surface area contributed by atoms with Gasteiger partial charge in [-0.2, -0.15) is 0 Å². The van der Waals surface area contributed by atoms with Crippen molar-refractivity contribution in [3.05, 3.63) is 41.0 Å². The molecule has 0 bridgehead atoms. The van der Waals surface area contributed by atoms with Gasteiger partial charge in [0.25, 0.3) is 0 Å². The third-order valence-corrected chi connectivity index (χ3v) is 5.05. The Bertz CT molecular complexity index is 748. The first-order valence-corrected chi connectivity index (χ1v) is 8.86. The number of nitrogens with zero attached hydrogens (tertiary/aromatic N) is 2. The summed E-state index contributed by atoms with van der Waals surface area (Å²) in [5.74, 6) is 1.56. The fourth-order valence-corrected chi connectivity index (χ4v) is 3.44. The van der Waals surface area contributed by atoms with Gasteiger partial charge in [0, 0.05) is 18.2 Å². The van der Waals surface area contributed by atoms with Crippen molar-refractivity contribution in [2.45, 2.75) is 51.7 Å². The Kier molecular flexibility index (Phi) is 5.56. The molecule has 0 radical (unpaired) electrons. The molecule has 7 nitrogen and oxygen atoms in total. The molecule has 0 aliphatic heterocycles. The van der Waals surface area contributed by atoms with Crippen LogP contribution in [0.25, 0.3) is 0 Å². The standard InChI is InChI=1S/C19H25N3O4/c1-11-17(12(2)26-22-11)4-5-18(24)21-19(13-6-15(23)7-13)14-8-16(25-3)10-20-9-14/h8-10,13,15,19,23H,4-7H2,1-3H3,(H,21,24)/t13?,15?,19-/m0/s1. The maximum Gasteiger partial charge on any atom is 0.220 e. The Balaban J connectivity index is 1.68. The molecule has 26 heavy (non-hydrogen) atoms. The molecule has 1 amide bonds. The van der Waals surface area contributed by atoms with E-state index in [2.05, 4.69) is 15.5 Å². The van der Waals surface area contributed by atoms with Gasteiger partial charge in [0.1, 0.15) is 11.5 Å². The van der Waals surface area contributed by atoms with Gasteiger partial charge in [0.05, 0.1) is 31.1 Å². The molecule has 1 saturated carbocycles. The van der Waals surface area contributed by atoms with Crippen LogP contribution in [0.2, 0.25) is 0 Å². The second-order valence-corrected chi connectivity index (χ2v) is 6.89. The van der Waals surface area contributed by atoms with Crippen molar-refractivity contribution < 1.29 is 19.2 Å². The number of aromatic nitrogens is 2. The number of ether oxygens (including phenoxy) is 1. The number of aliphatic hydroxyl groups is 1. The zero-order chi connectivity index (χ0) is 18.7. The van der Waals surface area contributed by atoms with Crippen molar-refractivity contribution in [3.63, 3.8) is 0 Å². The molecule has 0 aromatic carbocycles. The van der Waals surface area contributed by atoms with E-state index in [1.165, 1.54) is 0 Å². The summed E-state index contributed by atoms with van der Waals surface area (Å²) >= 11 is 0. The second-order valence-electron chi connectivity index (χ2n) is 6.89. The van der Waals surface area contributed by atoms with Crippen molar-refractivity contribution in [1.82, 2.24) is 15.5 Å². The quantitative estimate of drug-likeness (QED) is 0.787. The minimum atomic E-state index is -0.291.